The SMILES string of the molecule is Cc1nc(Cl)nc2c1cnn2CC(F)(F)F. The molecular formula is C8H6ClF3N4. The normalized spacial score (nSPS) is 12.3. The third-order valence-corrected chi connectivity index (χ3v) is 2.16. The van der Waals surface area contributed by atoms with Gasteiger partial charge in [-0.25, -0.2) is 9.67 Å². The second-order valence-electron chi connectivity index (χ2n) is 3.23. The molecule has 0 atom stereocenters. The predicted octanol–water partition coefficient (Wildman–Crippen LogP) is 2.35. The average molecular weight is 251 g/mol. The number of halogens is 4. The van der Waals surface area contributed by atoms with Crippen molar-refractivity contribution in [3.8, 4) is 0 Å². The fourth-order valence-electron chi connectivity index (χ4n) is 1.35. The van der Waals surface area contributed by atoms with Gasteiger partial charge < -0.3 is 0 Å². The molecule has 0 spiro atoms. The highest BCUT2D eigenvalue weighted by Crippen LogP contribution is 2.22. The van der Waals surface area contributed by atoms with Gasteiger partial charge in [0.15, 0.2) is 5.65 Å². The van der Waals surface area contributed by atoms with Crippen LogP contribution in [-0.4, -0.2) is 25.9 Å². The van der Waals surface area contributed by atoms with Gasteiger partial charge in [-0.2, -0.15) is 23.3 Å². The first-order valence-electron chi connectivity index (χ1n) is 4.29. The highest BCUT2D eigenvalue weighted by atomic mass is 35.5. The lowest BCUT2D eigenvalue weighted by Gasteiger charge is -2.06. The molecule has 0 fully saturated rings. The first-order chi connectivity index (χ1) is 7.37. The van der Waals surface area contributed by atoms with E-state index in [1.807, 2.05) is 0 Å². The van der Waals surface area contributed by atoms with E-state index in [1.54, 1.807) is 6.92 Å². The molecule has 86 valence electrons. The Kier molecular flexibility index (Phi) is 2.49. The zero-order chi connectivity index (χ0) is 11.9. The Morgan fingerprint density at radius 2 is 2.06 bits per heavy atom. The monoisotopic (exact) mass is 250 g/mol. The quantitative estimate of drug-likeness (QED) is 0.730. The topological polar surface area (TPSA) is 43.6 Å². The lowest BCUT2D eigenvalue weighted by atomic mass is 10.3. The minimum absolute atomic E-state index is 0.0890. The Bertz CT molecular complexity index is 534. The zero-order valence-corrected chi connectivity index (χ0v) is 8.84. The molecule has 4 nitrogen and oxygen atoms in total. The van der Waals surface area contributed by atoms with Crippen molar-refractivity contribution in [2.24, 2.45) is 0 Å². The molecule has 0 radical (unpaired) electrons. The molecule has 0 aliphatic carbocycles. The first kappa shape index (κ1) is 11.1. The van der Waals surface area contributed by atoms with Crippen LogP contribution < -0.4 is 0 Å². The van der Waals surface area contributed by atoms with Crippen molar-refractivity contribution in [1.29, 1.82) is 0 Å². The van der Waals surface area contributed by atoms with E-state index >= 15 is 0 Å². The largest absolute Gasteiger partial charge is 0.408 e. The van der Waals surface area contributed by atoms with Gasteiger partial charge in [0.05, 0.1) is 17.3 Å². The highest BCUT2D eigenvalue weighted by Gasteiger charge is 2.29. The summed E-state index contributed by atoms with van der Waals surface area (Å²) in [5, 5.41) is 4.00. The summed E-state index contributed by atoms with van der Waals surface area (Å²) in [6, 6.07) is 0. The standard InChI is InChI=1S/C8H6ClF3N4/c1-4-5-2-13-16(3-8(10,11)12)6(5)15-7(9)14-4/h2H,3H2,1H3. The van der Waals surface area contributed by atoms with Gasteiger partial charge in [-0.3, -0.25) is 0 Å². The molecule has 2 heterocycles. The van der Waals surface area contributed by atoms with E-state index in [2.05, 4.69) is 15.1 Å². The molecule has 16 heavy (non-hydrogen) atoms. The van der Waals surface area contributed by atoms with Gasteiger partial charge >= 0.3 is 6.18 Å². The second-order valence-corrected chi connectivity index (χ2v) is 3.57. The Hall–Kier alpha value is -1.37. The molecule has 0 aliphatic heterocycles. The van der Waals surface area contributed by atoms with E-state index in [0.717, 1.165) is 4.68 Å². The van der Waals surface area contributed by atoms with E-state index in [0.29, 0.717) is 11.1 Å². The van der Waals surface area contributed by atoms with Crippen molar-refractivity contribution in [2.45, 2.75) is 19.6 Å². The molecule has 2 aromatic rings. The molecule has 8 heteroatoms. The number of hydrogen-bond donors (Lipinski definition) is 0. The molecule has 0 amide bonds. The second kappa shape index (κ2) is 3.58. The van der Waals surface area contributed by atoms with E-state index in [9.17, 15) is 13.2 Å². The van der Waals surface area contributed by atoms with Gasteiger partial charge in [0.25, 0.3) is 0 Å². The molecule has 2 aromatic heterocycles. The third-order valence-electron chi connectivity index (χ3n) is 1.99. The number of alkyl halides is 3. The fraction of sp³-hybridized carbons (Fsp3) is 0.375. The number of fused-ring (bicyclic) bond motifs is 1. The number of aryl methyl sites for hydroxylation is 1. The van der Waals surface area contributed by atoms with Crippen LogP contribution in [-0.2, 0) is 6.54 Å². The Labute approximate surface area is 93.1 Å². The maximum absolute atomic E-state index is 12.2. The molecule has 0 bridgehead atoms. The van der Waals surface area contributed by atoms with Crippen LogP contribution in [0, 0.1) is 6.92 Å². The Morgan fingerprint density at radius 3 is 2.69 bits per heavy atom. The van der Waals surface area contributed by atoms with E-state index in [-0.39, 0.29) is 10.9 Å². The molecule has 0 aliphatic rings. The van der Waals surface area contributed by atoms with Gasteiger partial charge in [0, 0.05) is 0 Å². The summed E-state index contributed by atoms with van der Waals surface area (Å²) in [5.41, 5.74) is 0.596. The van der Waals surface area contributed by atoms with Gasteiger partial charge in [0.2, 0.25) is 5.28 Å². The van der Waals surface area contributed by atoms with Crippen LogP contribution in [0.2, 0.25) is 5.28 Å². The molecule has 0 unspecified atom stereocenters. The summed E-state index contributed by atoms with van der Waals surface area (Å²) in [5.74, 6) is 0. The smallest absolute Gasteiger partial charge is 0.238 e. The molecule has 0 saturated carbocycles. The van der Waals surface area contributed by atoms with Gasteiger partial charge in [-0.15, -0.1) is 0 Å². The van der Waals surface area contributed by atoms with Crippen molar-refractivity contribution in [3.63, 3.8) is 0 Å². The maximum Gasteiger partial charge on any atom is 0.408 e. The number of rotatable bonds is 1. The van der Waals surface area contributed by atoms with E-state index in [1.165, 1.54) is 6.20 Å². The predicted molar refractivity (Wildman–Crippen MR) is 51.1 cm³/mol. The lowest BCUT2D eigenvalue weighted by Crippen LogP contribution is -2.18. The minimum Gasteiger partial charge on any atom is -0.238 e. The summed E-state index contributed by atoms with van der Waals surface area (Å²) in [6.45, 7) is 0.443. The number of hydrogen-bond acceptors (Lipinski definition) is 3. The van der Waals surface area contributed by atoms with Crippen LogP contribution in [0.1, 0.15) is 5.69 Å². The van der Waals surface area contributed by atoms with Gasteiger partial charge in [-0.1, -0.05) is 0 Å². The van der Waals surface area contributed by atoms with Crippen molar-refractivity contribution in [2.75, 3.05) is 0 Å². The van der Waals surface area contributed by atoms with Crippen LogP contribution >= 0.6 is 11.6 Å². The van der Waals surface area contributed by atoms with Crippen LogP contribution in [0.4, 0.5) is 13.2 Å². The molecular weight excluding hydrogens is 245 g/mol. The molecule has 0 saturated heterocycles. The van der Waals surface area contributed by atoms with Crippen LogP contribution in [0.15, 0.2) is 6.20 Å². The zero-order valence-electron chi connectivity index (χ0n) is 8.09. The summed E-state index contributed by atoms with van der Waals surface area (Å²) < 4.78 is 37.4. The summed E-state index contributed by atoms with van der Waals surface area (Å²) >= 11 is 5.58. The van der Waals surface area contributed by atoms with Gasteiger partial charge in [-0.05, 0) is 18.5 Å². The molecule has 0 N–H and O–H groups in total. The number of aromatic nitrogens is 4. The maximum atomic E-state index is 12.2. The fourth-order valence-corrected chi connectivity index (χ4v) is 1.56. The van der Waals surface area contributed by atoms with Crippen LogP contribution in [0.3, 0.4) is 0 Å². The third kappa shape index (κ3) is 2.08. The Balaban J connectivity index is 2.56. The van der Waals surface area contributed by atoms with Crippen LogP contribution in [0.25, 0.3) is 11.0 Å². The highest BCUT2D eigenvalue weighted by molar-refractivity contribution is 6.28. The summed E-state index contributed by atoms with van der Waals surface area (Å²) in [6.07, 6.45) is -3.04. The average Bonchev–Trinajstić information content (AvgIpc) is 2.46. The molecule has 2 rings (SSSR count). The summed E-state index contributed by atoms with van der Waals surface area (Å²) in [4.78, 5) is 7.57. The number of nitrogens with zero attached hydrogens (tertiary/aromatic N) is 4. The van der Waals surface area contributed by atoms with Crippen molar-refractivity contribution in [3.05, 3.63) is 17.2 Å². The van der Waals surface area contributed by atoms with Gasteiger partial charge in [0.1, 0.15) is 6.54 Å². The van der Waals surface area contributed by atoms with Crippen LogP contribution in [0.5, 0.6) is 0 Å². The summed E-state index contributed by atoms with van der Waals surface area (Å²) in [7, 11) is 0. The van der Waals surface area contributed by atoms with E-state index in [4.69, 9.17) is 11.6 Å². The lowest BCUT2D eigenvalue weighted by molar-refractivity contribution is -0.141. The van der Waals surface area contributed by atoms with E-state index < -0.39 is 12.7 Å². The van der Waals surface area contributed by atoms with Crippen molar-refractivity contribution >= 4 is 22.6 Å². The Morgan fingerprint density at radius 1 is 1.38 bits per heavy atom. The molecule has 0 aromatic carbocycles. The first-order valence-corrected chi connectivity index (χ1v) is 4.67. The van der Waals surface area contributed by atoms with Crippen molar-refractivity contribution in [1.82, 2.24) is 19.7 Å². The minimum atomic E-state index is -4.34. The van der Waals surface area contributed by atoms with Crippen molar-refractivity contribution < 1.29 is 13.2 Å².